The van der Waals surface area contributed by atoms with Crippen molar-refractivity contribution in [1.29, 1.82) is 0 Å². The number of halogens is 2. The minimum Gasteiger partial charge on any atom is -0.374 e. The summed E-state index contributed by atoms with van der Waals surface area (Å²) in [4.78, 5) is 4.36. The minimum absolute atomic E-state index is 0.139. The van der Waals surface area contributed by atoms with Gasteiger partial charge in [-0.25, -0.2) is 4.98 Å². The lowest BCUT2D eigenvalue weighted by molar-refractivity contribution is 0.721. The number of aromatic nitrogens is 2. The highest BCUT2D eigenvalue weighted by Gasteiger charge is 2.13. The number of anilines is 1. The molecular weight excluding hydrogens is 358 g/mol. The van der Waals surface area contributed by atoms with E-state index in [2.05, 4.69) is 68.1 Å². The highest BCUT2D eigenvalue weighted by Crippen LogP contribution is 2.34. The summed E-state index contributed by atoms with van der Waals surface area (Å²) in [6.07, 6.45) is 3.76. The zero-order chi connectivity index (χ0) is 13.3. The fraction of sp³-hybridized carbons (Fsp3) is 0.308. The molecule has 18 heavy (non-hydrogen) atoms. The Morgan fingerprint density at radius 2 is 1.89 bits per heavy atom. The second-order valence-corrected chi connectivity index (χ2v) is 6.07. The van der Waals surface area contributed by atoms with Gasteiger partial charge in [-0.3, -0.25) is 0 Å². The van der Waals surface area contributed by atoms with E-state index in [9.17, 15) is 0 Å². The maximum Gasteiger partial charge on any atom is 0.130 e. The largest absolute Gasteiger partial charge is 0.374 e. The van der Waals surface area contributed by atoms with Crippen LogP contribution in [0.1, 0.15) is 24.4 Å². The van der Waals surface area contributed by atoms with Gasteiger partial charge >= 0.3 is 0 Å². The number of hydrogen-bond donors (Lipinski definition) is 1. The lowest BCUT2D eigenvalue weighted by Gasteiger charge is -2.18. The number of imidazole rings is 1. The van der Waals surface area contributed by atoms with E-state index in [1.807, 2.05) is 24.0 Å². The average Bonchev–Trinajstić information content (AvgIpc) is 2.69. The zero-order valence-electron chi connectivity index (χ0n) is 10.5. The summed E-state index contributed by atoms with van der Waals surface area (Å²) in [5.41, 5.74) is 2.26. The molecule has 1 atom stereocenters. The molecule has 2 aromatic rings. The first-order chi connectivity index (χ1) is 8.49. The van der Waals surface area contributed by atoms with Gasteiger partial charge in [-0.2, -0.15) is 0 Å². The molecule has 1 aromatic carbocycles. The van der Waals surface area contributed by atoms with E-state index in [-0.39, 0.29) is 6.04 Å². The summed E-state index contributed by atoms with van der Waals surface area (Å²) in [6, 6.07) is 4.33. The Labute approximate surface area is 124 Å². The van der Waals surface area contributed by atoms with Crippen molar-refractivity contribution in [2.45, 2.75) is 19.9 Å². The fourth-order valence-corrected chi connectivity index (χ4v) is 3.56. The van der Waals surface area contributed by atoms with Crippen LogP contribution in [0.3, 0.4) is 0 Å². The molecule has 0 radical (unpaired) electrons. The second-order valence-electron chi connectivity index (χ2n) is 4.37. The smallest absolute Gasteiger partial charge is 0.130 e. The molecule has 5 heteroatoms. The molecule has 0 fully saturated rings. The predicted molar refractivity (Wildman–Crippen MR) is 81.8 cm³/mol. The van der Waals surface area contributed by atoms with Crippen LogP contribution in [0.25, 0.3) is 0 Å². The average molecular weight is 373 g/mol. The van der Waals surface area contributed by atoms with Crippen LogP contribution in [0.4, 0.5) is 5.69 Å². The molecule has 0 spiro atoms. The van der Waals surface area contributed by atoms with Gasteiger partial charge < -0.3 is 9.88 Å². The summed E-state index contributed by atoms with van der Waals surface area (Å²) in [7, 11) is 2.00. The van der Waals surface area contributed by atoms with Crippen molar-refractivity contribution in [3.8, 4) is 0 Å². The maximum absolute atomic E-state index is 4.36. The van der Waals surface area contributed by atoms with E-state index in [0.717, 1.165) is 20.5 Å². The van der Waals surface area contributed by atoms with Gasteiger partial charge in [0, 0.05) is 28.4 Å². The molecule has 2 rings (SSSR count). The molecule has 1 N–H and O–H groups in total. The highest BCUT2D eigenvalue weighted by atomic mass is 79.9. The van der Waals surface area contributed by atoms with Crippen LogP contribution < -0.4 is 5.32 Å². The van der Waals surface area contributed by atoms with E-state index in [4.69, 9.17) is 0 Å². The summed E-state index contributed by atoms with van der Waals surface area (Å²) in [5, 5.41) is 3.47. The predicted octanol–water partition coefficient (Wildman–Crippen LogP) is 4.43. The number of rotatable bonds is 3. The molecule has 0 saturated heterocycles. The van der Waals surface area contributed by atoms with E-state index in [1.165, 1.54) is 5.56 Å². The number of aryl methyl sites for hydroxylation is 2. The summed E-state index contributed by atoms with van der Waals surface area (Å²) < 4.78 is 4.12. The topological polar surface area (TPSA) is 29.9 Å². The minimum atomic E-state index is 0.139. The second kappa shape index (κ2) is 5.45. The quantitative estimate of drug-likeness (QED) is 0.863. The van der Waals surface area contributed by atoms with Crippen molar-refractivity contribution in [2.75, 3.05) is 5.32 Å². The van der Waals surface area contributed by atoms with Crippen LogP contribution in [-0.4, -0.2) is 9.55 Å². The van der Waals surface area contributed by atoms with Crippen LogP contribution in [0.5, 0.6) is 0 Å². The van der Waals surface area contributed by atoms with E-state index >= 15 is 0 Å². The van der Waals surface area contributed by atoms with Crippen LogP contribution in [-0.2, 0) is 7.05 Å². The third kappa shape index (κ3) is 2.78. The van der Waals surface area contributed by atoms with Crippen LogP contribution in [0.2, 0.25) is 0 Å². The van der Waals surface area contributed by atoms with Gasteiger partial charge in [-0.1, -0.05) is 0 Å². The first kappa shape index (κ1) is 13.6. The number of hydrogen-bond acceptors (Lipinski definition) is 2. The van der Waals surface area contributed by atoms with Crippen LogP contribution in [0, 0.1) is 6.92 Å². The van der Waals surface area contributed by atoms with Crippen molar-refractivity contribution < 1.29 is 0 Å². The summed E-state index contributed by atoms with van der Waals surface area (Å²) in [6.45, 7) is 4.17. The lowest BCUT2D eigenvalue weighted by atomic mass is 10.2. The van der Waals surface area contributed by atoms with Crippen molar-refractivity contribution in [3.05, 3.63) is 44.9 Å². The molecular formula is C13H15Br2N3. The van der Waals surface area contributed by atoms with Crippen molar-refractivity contribution in [1.82, 2.24) is 9.55 Å². The molecule has 3 nitrogen and oxygen atoms in total. The van der Waals surface area contributed by atoms with Gasteiger partial charge in [-0.05, 0) is 63.4 Å². The Morgan fingerprint density at radius 1 is 1.28 bits per heavy atom. The Morgan fingerprint density at radius 3 is 2.39 bits per heavy atom. The molecule has 0 amide bonds. The van der Waals surface area contributed by atoms with Gasteiger partial charge in [-0.15, -0.1) is 0 Å². The van der Waals surface area contributed by atoms with Crippen LogP contribution >= 0.6 is 31.9 Å². The standard InChI is InChI=1S/C13H15Br2N3/c1-8-6-10(14)12(11(15)7-8)17-9(2)13-16-4-5-18(13)3/h4-7,9,17H,1-3H3. The molecule has 1 unspecified atom stereocenters. The summed E-state index contributed by atoms with van der Waals surface area (Å²) in [5.74, 6) is 1.01. The van der Waals surface area contributed by atoms with E-state index in [1.54, 1.807) is 0 Å². The number of nitrogens with zero attached hydrogens (tertiary/aromatic N) is 2. The molecule has 0 bridgehead atoms. The van der Waals surface area contributed by atoms with Gasteiger partial charge in [0.1, 0.15) is 5.82 Å². The molecule has 0 saturated carbocycles. The zero-order valence-corrected chi connectivity index (χ0v) is 13.7. The Balaban J connectivity index is 2.27. The molecule has 96 valence electrons. The van der Waals surface area contributed by atoms with Crippen molar-refractivity contribution in [2.24, 2.45) is 7.05 Å². The molecule has 1 heterocycles. The third-order valence-corrected chi connectivity index (χ3v) is 4.04. The Bertz CT molecular complexity index is 540. The molecule has 0 aliphatic heterocycles. The third-order valence-electron chi connectivity index (χ3n) is 2.79. The van der Waals surface area contributed by atoms with Gasteiger partial charge in [0.2, 0.25) is 0 Å². The first-order valence-electron chi connectivity index (χ1n) is 5.68. The van der Waals surface area contributed by atoms with Gasteiger partial charge in [0.05, 0.1) is 11.7 Å². The number of nitrogens with one attached hydrogen (secondary N) is 1. The molecule has 0 aliphatic carbocycles. The maximum atomic E-state index is 4.36. The molecule has 1 aromatic heterocycles. The van der Waals surface area contributed by atoms with Crippen LogP contribution in [0.15, 0.2) is 33.5 Å². The van der Waals surface area contributed by atoms with Crippen molar-refractivity contribution in [3.63, 3.8) is 0 Å². The lowest BCUT2D eigenvalue weighted by Crippen LogP contribution is -2.12. The van der Waals surface area contributed by atoms with Gasteiger partial charge in [0.25, 0.3) is 0 Å². The van der Waals surface area contributed by atoms with E-state index < -0.39 is 0 Å². The monoisotopic (exact) mass is 371 g/mol. The van der Waals surface area contributed by atoms with E-state index in [0.29, 0.717) is 0 Å². The Kier molecular flexibility index (Phi) is 4.12. The normalized spacial score (nSPS) is 12.5. The first-order valence-corrected chi connectivity index (χ1v) is 7.27. The summed E-state index contributed by atoms with van der Waals surface area (Å²) >= 11 is 7.18. The van der Waals surface area contributed by atoms with Crippen molar-refractivity contribution >= 4 is 37.5 Å². The molecule has 0 aliphatic rings. The van der Waals surface area contributed by atoms with Gasteiger partial charge in [0.15, 0.2) is 0 Å². The number of benzene rings is 1. The fourth-order valence-electron chi connectivity index (χ4n) is 1.91. The highest BCUT2D eigenvalue weighted by molar-refractivity contribution is 9.11. The Hall–Kier alpha value is -0.810. The SMILES string of the molecule is Cc1cc(Br)c(NC(C)c2nccn2C)c(Br)c1.